The number of carbonyl (C=O) groups is 1. The number of benzene rings is 2. The van der Waals surface area contributed by atoms with Gasteiger partial charge in [0, 0.05) is 4.47 Å². The molecule has 0 N–H and O–H groups in total. The number of aryl methyl sites for hydroxylation is 1. The van der Waals surface area contributed by atoms with Crippen LogP contribution in [0.3, 0.4) is 0 Å². The summed E-state index contributed by atoms with van der Waals surface area (Å²) in [6, 6.07) is 13.5. The molecule has 0 fully saturated rings. The molecule has 1 atom stereocenters. The first kappa shape index (κ1) is 15.9. The third kappa shape index (κ3) is 3.50. The predicted octanol–water partition coefficient (Wildman–Crippen LogP) is 4.68. The molecule has 1 unspecified atom stereocenters. The minimum Gasteiger partial charge on any atom is -0.487 e. The standard InChI is InChI=1S/C18H18BrNO3/c1-12-8-17-16(9-15(12)19)20(10-13(2)23-17)18(21)22-11-14-6-4-3-5-7-14/h3-9,13H,10-11H2,1-2H3. The van der Waals surface area contributed by atoms with Crippen molar-refractivity contribution in [3.8, 4) is 5.75 Å². The summed E-state index contributed by atoms with van der Waals surface area (Å²) in [4.78, 5) is 14.1. The molecule has 1 amide bonds. The van der Waals surface area contributed by atoms with Gasteiger partial charge in [0.1, 0.15) is 18.5 Å². The highest BCUT2D eigenvalue weighted by atomic mass is 79.9. The van der Waals surface area contributed by atoms with E-state index in [1.807, 2.05) is 56.3 Å². The first-order chi connectivity index (χ1) is 11.0. The molecule has 4 nitrogen and oxygen atoms in total. The molecule has 0 aromatic heterocycles. The minimum atomic E-state index is -0.360. The SMILES string of the molecule is Cc1cc2c(cc1Br)N(C(=O)OCc1ccccc1)CC(C)O2. The lowest BCUT2D eigenvalue weighted by molar-refractivity contribution is 0.138. The minimum absolute atomic E-state index is 0.0765. The smallest absolute Gasteiger partial charge is 0.414 e. The predicted molar refractivity (Wildman–Crippen MR) is 92.9 cm³/mol. The maximum atomic E-state index is 12.5. The zero-order valence-corrected chi connectivity index (χ0v) is 14.7. The summed E-state index contributed by atoms with van der Waals surface area (Å²) in [6.07, 6.45) is -0.437. The lowest BCUT2D eigenvalue weighted by atomic mass is 10.1. The summed E-state index contributed by atoms with van der Waals surface area (Å²) in [6.45, 7) is 4.66. The van der Waals surface area contributed by atoms with Crippen LogP contribution in [0.5, 0.6) is 5.75 Å². The van der Waals surface area contributed by atoms with Gasteiger partial charge in [0.25, 0.3) is 0 Å². The van der Waals surface area contributed by atoms with Crippen molar-refractivity contribution in [1.82, 2.24) is 0 Å². The van der Waals surface area contributed by atoms with Crippen LogP contribution in [0.4, 0.5) is 10.5 Å². The molecule has 3 rings (SSSR count). The van der Waals surface area contributed by atoms with Gasteiger partial charge in [-0.25, -0.2) is 4.79 Å². The maximum absolute atomic E-state index is 12.5. The second kappa shape index (κ2) is 6.62. The van der Waals surface area contributed by atoms with E-state index in [1.54, 1.807) is 4.90 Å². The third-order valence-electron chi connectivity index (χ3n) is 3.72. The highest BCUT2D eigenvalue weighted by Crippen LogP contribution is 2.38. The van der Waals surface area contributed by atoms with Gasteiger partial charge in [-0.15, -0.1) is 0 Å². The van der Waals surface area contributed by atoms with Gasteiger partial charge in [-0.2, -0.15) is 0 Å². The van der Waals surface area contributed by atoms with Gasteiger partial charge in [-0.3, -0.25) is 4.90 Å². The topological polar surface area (TPSA) is 38.8 Å². The third-order valence-corrected chi connectivity index (χ3v) is 4.58. The maximum Gasteiger partial charge on any atom is 0.414 e. The largest absolute Gasteiger partial charge is 0.487 e. The molecule has 1 aliphatic heterocycles. The van der Waals surface area contributed by atoms with Crippen molar-refractivity contribution < 1.29 is 14.3 Å². The second-order valence-corrected chi connectivity index (χ2v) is 6.50. The fourth-order valence-electron chi connectivity index (χ4n) is 2.53. The molecule has 0 radical (unpaired) electrons. The van der Waals surface area contributed by atoms with E-state index in [0.29, 0.717) is 12.3 Å². The molecule has 2 aromatic carbocycles. The number of anilines is 1. The van der Waals surface area contributed by atoms with Gasteiger partial charge in [0.15, 0.2) is 0 Å². The van der Waals surface area contributed by atoms with E-state index in [2.05, 4.69) is 15.9 Å². The average Bonchev–Trinajstić information content (AvgIpc) is 2.54. The van der Waals surface area contributed by atoms with Crippen LogP contribution in [0.1, 0.15) is 18.1 Å². The molecule has 0 saturated carbocycles. The Hall–Kier alpha value is -2.01. The van der Waals surface area contributed by atoms with Gasteiger partial charge in [0.2, 0.25) is 0 Å². The summed E-state index contributed by atoms with van der Waals surface area (Å²) >= 11 is 3.51. The van der Waals surface area contributed by atoms with E-state index in [0.717, 1.165) is 21.3 Å². The zero-order chi connectivity index (χ0) is 16.4. The Morgan fingerprint density at radius 2 is 2.09 bits per heavy atom. The number of ether oxygens (including phenoxy) is 2. The molecule has 23 heavy (non-hydrogen) atoms. The second-order valence-electron chi connectivity index (χ2n) is 5.65. The van der Waals surface area contributed by atoms with Crippen LogP contribution in [0.2, 0.25) is 0 Å². The molecule has 0 bridgehead atoms. The van der Waals surface area contributed by atoms with Crippen molar-refractivity contribution >= 4 is 27.7 Å². The first-order valence-electron chi connectivity index (χ1n) is 7.49. The van der Waals surface area contributed by atoms with Gasteiger partial charge in [-0.05, 0) is 37.1 Å². The molecule has 120 valence electrons. The summed E-state index contributed by atoms with van der Waals surface area (Å²) in [7, 11) is 0. The van der Waals surface area contributed by atoms with Crippen molar-refractivity contribution in [2.45, 2.75) is 26.6 Å². The quantitative estimate of drug-likeness (QED) is 0.764. The van der Waals surface area contributed by atoms with E-state index in [9.17, 15) is 4.79 Å². The lowest BCUT2D eigenvalue weighted by Gasteiger charge is -2.33. The van der Waals surface area contributed by atoms with Crippen LogP contribution in [0.15, 0.2) is 46.9 Å². The molecule has 5 heteroatoms. The monoisotopic (exact) mass is 375 g/mol. The average molecular weight is 376 g/mol. The van der Waals surface area contributed by atoms with Crippen LogP contribution in [-0.4, -0.2) is 18.7 Å². The van der Waals surface area contributed by atoms with Crippen LogP contribution >= 0.6 is 15.9 Å². The normalized spacial score (nSPS) is 16.5. The van der Waals surface area contributed by atoms with E-state index in [1.165, 1.54) is 0 Å². The van der Waals surface area contributed by atoms with E-state index in [-0.39, 0.29) is 18.8 Å². The van der Waals surface area contributed by atoms with Gasteiger partial charge in [-0.1, -0.05) is 46.3 Å². The zero-order valence-electron chi connectivity index (χ0n) is 13.1. The van der Waals surface area contributed by atoms with E-state index < -0.39 is 0 Å². The number of fused-ring (bicyclic) bond motifs is 1. The number of hydrogen-bond donors (Lipinski definition) is 0. The van der Waals surface area contributed by atoms with Crippen LogP contribution in [0.25, 0.3) is 0 Å². The van der Waals surface area contributed by atoms with Crippen LogP contribution < -0.4 is 9.64 Å². The highest BCUT2D eigenvalue weighted by molar-refractivity contribution is 9.10. The van der Waals surface area contributed by atoms with Gasteiger partial charge >= 0.3 is 6.09 Å². The number of nitrogens with zero attached hydrogens (tertiary/aromatic N) is 1. The molecule has 0 spiro atoms. The number of carbonyl (C=O) groups excluding carboxylic acids is 1. The number of hydrogen-bond acceptors (Lipinski definition) is 3. The van der Waals surface area contributed by atoms with E-state index in [4.69, 9.17) is 9.47 Å². The van der Waals surface area contributed by atoms with Crippen molar-refractivity contribution in [3.63, 3.8) is 0 Å². The molecular formula is C18H18BrNO3. The Morgan fingerprint density at radius 1 is 1.35 bits per heavy atom. The fourth-order valence-corrected chi connectivity index (χ4v) is 2.86. The van der Waals surface area contributed by atoms with Crippen molar-refractivity contribution in [2.24, 2.45) is 0 Å². The molecule has 1 heterocycles. The molecule has 0 aliphatic carbocycles. The number of amides is 1. The van der Waals surface area contributed by atoms with Crippen molar-refractivity contribution in [1.29, 1.82) is 0 Å². The molecule has 0 saturated heterocycles. The number of rotatable bonds is 2. The first-order valence-corrected chi connectivity index (χ1v) is 8.29. The summed E-state index contributed by atoms with van der Waals surface area (Å²) in [5.74, 6) is 0.709. The van der Waals surface area contributed by atoms with Crippen molar-refractivity contribution in [3.05, 3.63) is 58.1 Å². The van der Waals surface area contributed by atoms with Gasteiger partial charge < -0.3 is 9.47 Å². The Kier molecular flexibility index (Phi) is 4.57. The fraction of sp³-hybridized carbons (Fsp3) is 0.278. The summed E-state index contributed by atoms with van der Waals surface area (Å²) in [5.41, 5.74) is 2.77. The molecule has 2 aromatic rings. The summed E-state index contributed by atoms with van der Waals surface area (Å²) < 4.78 is 12.2. The van der Waals surface area contributed by atoms with Crippen LogP contribution in [0, 0.1) is 6.92 Å². The summed E-state index contributed by atoms with van der Waals surface area (Å²) in [5, 5.41) is 0. The highest BCUT2D eigenvalue weighted by Gasteiger charge is 2.29. The van der Waals surface area contributed by atoms with E-state index >= 15 is 0 Å². The van der Waals surface area contributed by atoms with Gasteiger partial charge in [0.05, 0.1) is 12.2 Å². The van der Waals surface area contributed by atoms with Crippen LogP contribution in [-0.2, 0) is 11.3 Å². The molecule has 1 aliphatic rings. The molecular weight excluding hydrogens is 358 g/mol. The Morgan fingerprint density at radius 3 is 2.83 bits per heavy atom. The Bertz CT molecular complexity index is 718. The Labute approximate surface area is 144 Å². The Balaban J connectivity index is 1.80. The lowest BCUT2D eigenvalue weighted by Crippen LogP contribution is -2.42. The van der Waals surface area contributed by atoms with Crippen molar-refractivity contribution in [2.75, 3.05) is 11.4 Å². The number of halogens is 1.